The fourth-order valence-electron chi connectivity index (χ4n) is 3.24. The van der Waals surface area contributed by atoms with Gasteiger partial charge < -0.3 is 15.7 Å². The average molecular weight is 366 g/mol. The first-order valence-corrected chi connectivity index (χ1v) is 9.58. The number of aliphatic hydroxyl groups is 1. The van der Waals surface area contributed by atoms with E-state index in [9.17, 15) is 10.4 Å². The third-order valence-corrected chi connectivity index (χ3v) is 4.84. The zero-order chi connectivity index (χ0) is 19.1. The number of nitrogens with zero attached hydrogens (tertiary/aromatic N) is 4. The molecule has 0 amide bonds. The van der Waals surface area contributed by atoms with Crippen molar-refractivity contribution in [3.8, 4) is 6.07 Å². The van der Waals surface area contributed by atoms with Crippen LogP contribution in [0.25, 0.3) is 0 Å². The van der Waals surface area contributed by atoms with Gasteiger partial charge in [-0.25, -0.2) is 4.98 Å². The van der Waals surface area contributed by atoms with Gasteiger partial charge in [-0.1, -0.05) is 13.0 Å². The van der Waals surface area contributed by atoms with E-state index in [0.717, 1.165) is 49.9 Å². The lowest BCUT2D eigenvalue weighted by atomic mass is 9.93. The third-order valence-electron chi connectivity index (χ3n) is 4.84. The van der Waals surface area contributed by atoms with Crippen molar-refractivity contribution in [2.75, 3.05) is 17.2 Å². The monoisotopic (exact) mass is 366 g/mol. The minimum Gasteiger partial charge on any atom is -0.393 e. The molecule has 2 aromatic rings. The fourth-order valence-corrected chi connectivity index (χ4v) is 3.24. The molecule has 0 radical (unpaired) electrons. The molecule has 0 atom stereocenters. The van der Waals surface area contributed by atoms with Crippen LogP contribution in [0.5, 0.6) is 0 Å². The molecule has 1 fully saturated rings. The van der Waals surface area contributed by atoms with Crippen molar-refractivity contribution in [2.45, 2.75) is 57.6 Å². The van der Waals surface area contributed by atoms with E-state index in [1.807, 2.05) is 18.2 Å². The van der Waals surface area contributed by atoms with Crippen LogP contribution in [0.2, 0.25) is 0 Å². The topological polar surface area (TPSA) is 107 Å². The molecule has 0 saturated heterocycles. The Labute approximate surface area is 159 Å². The van der Waals surface area contributed by atoms with Crippen molar-refractivity contribution in [2.24, 2.45) is 0 Å². The van der Waals surface area contributed by atoms with E-state index in [2.05, 4.69) is 38.6 Å². The van der Waals surface area contributed by atoms with E-state index >= 15 is 0 Å². The van der Waals surface area contributed by atoms with Crippen molar-refractivity contribution >= 4 is 11.8 Å². The summed E-state index contributed by atoms with van der Waals surface area (Å²) in [7, 11) is 0. The highest BCUT2D eigenvalue weighted by atomic mass is 16.3. The smallest absolute Gasteiger partial charge is 0.224 e. The standard InChI is InChI=1S/C20H26N6O/c1-2-15-4-3-5-16(24-15)10-11-22-20-23-13-14(12-21)19(26-20)25-17-6-8-18(27)9-7-17/h3-5,13,17-18,27H,2,6-11H2,1H3,(H2,22,23,25,26)/t17-,18+. The number of nitrogens with one attached hydrogen (secondary N) is 2. The number of pyridine rings is 1. The molecule has 3 N–H and O–H groups in total. The molecule has 2 heterocycles. The van der Waals surface area contributed by atoms with Gasteiger partial charge in [0.2, 0.25) is 5.95 Å². The molecule has 27 heavy (non-hydrogen) atoms. The lowest BCUT2D eigenvalue weighted by Gasteiger charge is -2.26. The number of aryl methyl sites for hydroxylation is 1. The molecule has 7 heteroatoms. The number of nitriles is 1. The minimum atomic E-state index is -0.207. The molecule has 142 valence electrons. The highest BCUT2D eigenvalue weighted by Gasteiger charge is 2.20. The van der Waals surface area contributed by atoms with E-state index in [-0.39, 0.29) is 12.1 Å². The van der Waals surface area contributed by atoms with Crippen molar-refractivity contribution < 1.29 is 5.11 Å². The number of anilines is 2. The Morgan fingerprint density at radius 3 is 2.70 bits per heavy atom. The highest BCUT2D eigenvalue weighted by molar-refractivity contribution is 5.54. The summed E-state index contributed by atoms with van der Waals surface area (Å²) in [5, 5.41) is 25.5. The Morgan fingerprint density at radius 2 is 1.96 bits per heavy atom. The first-order valence-electron chi connectivity index (χ1n) is 9.58. The number of aromatic nitrogens is 3. The van der Waals surface area contributed by atoms with E-state index < -0.39 is 0 Å². The van der Waals surface area contributed by atoms with Crippen LogP contribution in [0.3, 0.4) is 0 Å². The molecular weight excluding hydrogens is 340 g/mol. The largest absolute Gasteiger partial charge is 0.393 e. The zero-order valence-electron chi connectivity index (χ0n) is 15.6. The summed E-state index contributed by atoms with van der Waals surface area (Å²) in [6.07, 6.45) is 6.34. The van der Waals surface area contributed by atoms with E-state index in [0.29, 0.717) is 23.9 Å². The van der Waals surface area contributed by atoms with Gasteiger partial charge in [-0.3, -0.25) is 4.98 Å². The van der Waals surface area contributed by atoms with Crippen LogP contribution >= 0.6 is 0 Å². The molecule has 3 rings (SSSR count). The van der Waals surface area contributed by atoms with E-state index in [1.54, 1.807) is 6.20 Å². The van der Waals surface area contributed by atoms with Gasteiger partial charge in [0.05, 0.1) is 12.3 Å². The average Bonchev–Trinajstić information content (AvgIpc) is 2.70. The molecule has 1 aliphatic carbocycles. The molecule has 0 spiro atoms. The van der Waals surface area contributed by atoms with Gasteiger partial charge >= 0.3 is 0 Å². The van der Waals surface area contributed by atoms with Gasteiger partial charge in [0.15, 0.2) is 0 Å². The van der Waals surface area contributed by atoms with E-state index in [4.69, 9.17) is 0 Å². The quantitative estimate of drug-likeness (QED) is 0.691. The third kappa shape index (κ3) is 5.38. The SMILES string of the molecule is CCc1cccc(CCNc2ncc(C#N)c(N[C@H]3CC[C@@H](O)CC3)n2)n1. The number of hydrogen-bond donors (Lipinski definition) is 3. The second kappa shape index (κ2) is 9.28. The molecule has 0 aromatic carbocycles. The summed E-state index contributed by atoms with van der Waals surface area (Å²) < 4.78 is 0. The summed E-state index contributed by atoms with van der Waals surface area (Å²) in [6, 6.07) is 8.45. The van der Waals surface area contributed by atoms with Crippen LogP contribution < -0.4 is 10.6 Å². The minimum absolute atomic E-state index is 0.207. The maximum Gasteiger partial charge on any atom is 0.224 e. The van der Waals surface area contributed by atoms with Gasteiger partial charge in [0.25, 0.3) is 0 Å². The predicted octanol–water partition coefficient (Wildman–Crippen LogP) is 2.68. The van der Waals surface area contributed by atoms with Crippen molar-refractivity contribution in [3.63, 3.8) is 0 Å². The summed E-state index contributed by atoms with van der Waals surface area (Å²) in [5.74, 6) is 1.06. The number of hydrogen-bond acceptors (Lipinski definition) is 7. The van der Waals surface area contributed by atoms with Crippen LogP contribution in [-0.2, 0) is 12.8 Å². The molecule has 0 bridgehead atoms. The summed E-state index contributed by atoms with van der Waals surface area (Å²) in [4.78, 5) is 13.3. The molecule has 0 unspecified atom stereocenters. The maximum absolute atomic E-state index is 9.64. The molecule has 1 aliphatic rings. The van der Waals surface area contributed by atoms with Crippen LogP contribution in [-0.4, -0.2) is 38.7 Å². The van der Waals surface area contributed by atoms with Crippen LogP contribution in [0.15, 0.2) is 24.4 Å². The molecular formula is C20H26N6O. The van der Waals surface area contributed by atoms with Gasteiger partial charge in [0, 0.05) is 30.4 Å². The molecule has 0 aliphatic heterocycles. The second-order valence-electron chi connectivity index (χ2n) is 6.87. The van der Waals surface area contributed by atoms with Gasteiger partial charge in [-0.15, -0.1) is 0 Å². The summed E-state index contributed by atoms with van der Waals surface area (Å²) in [5.41, 5.74) is 2.56. The maximum atomic E-state index is 9.64. The summed E-state index contributed by atoms with van der Waals surface area (Å²) in [6.45, 7) is 2.76. The van der Waals surface area contributed by atoms with Crippen LogP contribution in [0.1, 0.15) is 49.6 Å². The zero-order valence-corrected chi connectivity index (χ0v) is 15.6. The highest BCUT2D eigenvalue weighted by Crippen LogP contribution is 2.23. The molecule has 7 nitrogen and oxygen atoms in total. The lowest BCUT2D eigenvalue weighted by molar-refractivity contribution is 0.126. The Kier molecular flexibility index (Phi) is 6.55. The van der Waals surface area contributed by atoms with Gasteiger partial charge in [-0.05, 0) is 44.2 Å². The number of aliphatic hydroxyl groups excluding tert-OH is 1. The Balaban J connectivity index is 1.59. The first kappa shape index (κ1) is 19.1. The van der Waals surface area contributed by atoms with Crippen LogP contribution in [0.4, 0.5) is 11.8 Å². The Hall–Kier alpha value is -2.72. The first-order chi connectivity index (χ1) is 13.2. The van der Waals surface area contributed by atoms with E-state index in [1.165, 1.54) is 0 Å². The normalized spacial score (nSPS) is 19.3. The second-order valence-corrected chi connectivity index (χ2v) is 6.87. The summed E-state index contributed by atoms with van der Waals surface area (Å²) >= 11 is 0. The molecule has 2 aromatic heterocycles. The Morgan fingerprint density at radius 1 is 1.19 bits per heavy atom. The van der Waals surface area contributed by atoms with Crippen molar-refractivity contribution in [1.29, 1.82) is 5.26 Å². The van der Waals surface area contributed by atoms with Crippen LogP contribution in [0, 0.1) is 11.3 Å². The molecule has 1 saturated carbocycles. The van der Waals surface area contributed by atoms with Gasteiger partial charge in [-0.2, -0.15) is 10.2 Å². The Bertz CT molecular complexity index is 795. The van der Waals surface area contributed by atoms with Crippen molar-refractivity contribution in [3.05, 3.63) is 41.3 Å². The fraction of sp³-hybridized carbons (Fsp3) is 0.500. The predicted molar refractivity (Wildman–Crippen MR) is 104 cm³/mol. The van der Waals surface area contributed by atoms with Gasteiger partial charge in [0.1, 0.15) is 17.5 Å². The van der Waals surface area contributed by atoms with Crippen molar-refractivity contribution in [1.82, 2.24) is 15.0 Å². The lowest BCUT2D eigenvalue weighted by Crippen LogP contribution is -2.29. The number of rotatable bonds is 7.